The molecule has 88 valence electrons. The molecule has 0 atom stereocenters. The lowest BCUT2D eigenvalue weighted by Crippen LogP contribution is -2.14. The van der Waals surface area contributed by atoms with Gasteiger partial charge in [0.1, 0.15) is 0 Å². The summed E-state index contributed by atoms with van der Waals surface area (Å²) in [6, 6.07) is 16.4. The first-order chi connectivity index (χ1) is 8.18. The van der Waals surface area contributed by atoms with Crippen molar-refractivity contribution in [2.75, 3.05) is 4.31 Å². The summed E-state index contributed by atoms with van der Waals surface area (Å²) in [5, 5.41) is 0. The lowest BCUT2D eigenvalue weighted by Gasteiger charge is -2.17. The molecule has 4 heteroatoms. The van der Waals surface area contributed by atoms with E-state index in [0.717, 1.165) is 5.56 Å². The first-order valence-electron chi connectivity index (χ1n) is 5.24. The number of hydrogen-bond acceptors (Lipinski definition) is 2. The van der Waals surface area contributed by atoms with Crippen LogP contribution in [-0.2, 0) is 10.9 Å². The molecule has 2 aromatic rings. The van der Waals surface area contributed by atoms with E-state index < -0.39 is 10.9 Å². The lowest BCUT2D eigenvalue weighted by atomic mass is 10.2. The molecule has 0 aliphatic carbocycles. The summed E-state index contributed by atoms with van der Waals surface area (Å²) in [5.74, 6) is 0. The second kappa shape index (κ2) is 5.01. The molecule has 0 saturated carbocycles. The van der Waals surface area contributed by atoms with Crippen molar-refractivity contribution in [2.45, 2.75) is 6.92 Å². The standard InChI is InChI=1S/C13H13NO2S/c1-11-7-9-13(10-8-11)14(17(15)16)12-5-3-2-4-6-12/h2-10,17H,1H3. The van der Waals surface area contributed by atoms with Crippen molar-refractivity contribution in [1.29, 1.82) is 0 Å². The van der Waals surface area contributed by atoms with Crippen molar-refractivity contribution < 1.29 is 8.42 Å². The molecule has 0 unspecified atom stereocenters. The minimum Gasteiger partial charge on any atom is -0.241 e. The van der Waals surface area contributed by atoms with Crippen LogP contribution in [0.1, 0.15) is 5.56 Å². The second-order valence-electron chi connectivity index (χ2n) is 3.72. The number of benzene rings is 2. The summed E-state index contributed by atoms with van der Waals surface area (Å²) in [7, 11) is -2.69. The van der Waals surface area contributed by atoms with E-state index in [1.165, 1.54) is 4.31 Å². The van der Waals surface area contributed by atoms with E-state index in [4.69, 9.17) is 0 Å². The van der Waals surface area contributed by atoms with Crippen molar-refractivity contribution in [3.63, 3.8) is 0 Å². The molecule has 0 aliphatic rings. The van der Waals surface area contributed by atoms with Crippen LogP contribution in [-0.4, -0.2) is 8.42 Å². The fourth-order valence-corrected chi connectivity index (χ4v) is 2.24. The summed E-state index contributed by atoms with van der Waals surface area (Å²) >= 11 is 0. The van der Waals surface area contributed by atoms with Crippen LogP contribution in [0.25, 0.3) is 0 Å². The minimum absolute atomic E-state index is 0.646. The molecule has 17 heavy (non-hydrogen) atoms. The molecular weight excluding hydrogens is 234 g/mol. The van der Waals surface area contributed by atoms with Gasteiger partial charge in [-0.1, -0.05) is 35.9 Å². The number of aryl methyl sites for hydroxylation is 1. The quantitative estimate of drug-likeness (QED) is 0.847. The fraction of sp³-hybridized carbons (Fsp3) is 0.0769. The highest BCUT2D eigenvalue weighted by Gasteiger charge is 2.10. The van der Waals surface area contributed by atoms with Crippen molar-refractivity contribution in [3.8, 4) is 0 Å². The first-order valence-corrected chi connectivity index (χ1v) is 6.37. The molecular formula is C13H13NO2S. The Morgan fingerprint density at radius 1 is 0.824 bits per heavy atom. The van der Waals surface area contributed by atoms with E-state index in [9.17, 15) is 8.42 Å². The van der Waals surface area contributed by atoms with Gasteiger partial charge in [-0.25, -0.2) is 12.7 Å². The Balaban J connectivity index is 2.47. The smallest absolute Gasteiger partial charge is 0.229 e. The molecule has 0 fully saturated rings. The second-order valence-corrected chi connectivity index (χ2v) is 4.60. The Labute approximate surface area is 102 Å². The van der Waals surface area contributed by atoms with Crippen LogP contribution in [0.5, 0.6) is 0 Å². The molecule has 0 spiro atoms. The van der Waals surface area contributed by atoms with E-state index in [0.29, 0.717) is 11.4 Å². The monoisotopic (exact) mass is 247 g/mol. The summed E-state index contributed by atoms with van der Waals surface area (Å²) in [6.45, 7) is 1.97. The van der Waals surface area contributed by atoms with Gasteiger partial charge in [0.05, 0.1) is 11.4 Å². The molecule has 0 heterocycles. The number of para-hydroxylation sites is 1. The Kier molecular flexibility index (Phi) is 3.44. The summed E-state index contributed by atoms with van der Waals surface area (Å²) in [4.78, 5) is 0. The van der Waals surface area contributed by atoms with Gasteiger partial charge in [-0.05, 0) is 31.2 Å². The zero-order valence-corrected chi connectivity index (χ0v) is 10.3. The van der Waals surface area contributed by atoms with E-state index in [-0.39, 0.29) is 0 Å². The minimum atomic E-state index is -2.69. The first kappa shape index (κ1) is 11.7. The zero-order valence-electron chi connectivity index (χ0n) is 9.41. The average molecular weight is 247 g/mol. The molecule has 2 aromatic carbocycles. The van der Waals surface area contributed by atoms with E-state index in [2.05, 4.69) is 0 Å². The van der Waals surface area contributed by atoms with Crippen LogP contribution in [0.4, 0.5) is 11.4 Å². The normalized spacial score (nSPS) is 10.5. The summed E-state index contributed by atoms with van der Waals surface area (Å²) < 4.78 is 24.0. The highest BCUT2D eigenvalue weighted by atomic mass is 32.2. The van der Waals surface area contributed by atoms with Gasteiger partial charge >= 0.3 is 0 Å². The highest BCUT2D eigenvalue weighted by molar-refractivity contribution is 7.74. The van der Waals surface area contributed by atoms with Gasteiger partial charge in [0, 0.05) is 0 Å². The summed E-state index contributed by atoms with van der Waals surface area (Å²) in [6.07, 6.45) is 0. The van der Waals surface area contributed by atoms with Crippen LogP contribution >= 0.6 is 0 Å². The highest BCUT2D eigenvalue weighted by Crippen LogP contribution is 2.25. The van der Waals surface area contributed by atoms with Crippen molar-refractivity contribution in [1.82, 2.24) is 0 Å². The van der Waals surface area contributed by atoms with Gasteiger partial charge < -0.3 is 0 Å². The lowest BCUT2D eigenvalue weighted by molar-refractivity contribution is 0.614. The number of hydrogen-bond donors (Lipinski definition) is 1. The molecule has 0 aliphatic heterocycles. The van der Waals surface area contributed by atoms with Crippen molar-refractivity contribution in [3.05, 3.63) is 60.2 Å². The van der Waals surface area contributed by atoms with E-state index >= 15 is 0 Å². The predicted octanol–water partition coefficient (Wildman–Crippen LogP) is 2.66. The van der Waals surface area contributed by atoms with Gasteiger partial charge in [0.25, 0.3) is 0 Å². The molecule has 2 rings (SSSR count). The van der Waals surface area contributed by atoms with Crippen molar-refractivity contribution in [2.24, 2.45) is 0 Å². The molecule has 0 N–H and O–H groups in total. The Morgan fingerprint density at radius 2 is 1.35 bits per heavy atom. The SMILES string of the molecule is Cc1ccc(N(c2ccccc2)[SH](=O)=O)cc1. The van der Waals surface area contributed by atoms with Crippen LogP contribution in [0.2, 0.25) is 0 Å². The van der Waals surface area contributed by atoms with Crippen LogP contribution < -0.4 is 4.31 Å². The molecule has 0 aromatic heterocycles. The third-order valence-electron chi connectivity index (χ3n) is 2.44. The summed E-state index contributed by atoms with van der Waals surface area (Å²) in [5.41, 5.74) is 2.40. The van der Waals surface area contributed by atoms with Gasteiger partial charge in [0.15, 0.2) is 0 Å². The molecule has 3 nitrogen and oxygen atoms in total. The Hall–Kier alpha value is -1.81. The zero-order chi connectivity index (χ0) is 12.3. The van der Waals surface area contributed by atoms with Crippen LogP contribution in [0, 0.1) is 6.92 Å². The van der Waals surface area contributed by atoms with Gasteiger partial charge in [-0.2, -0.15) is 0 Å². The Morgan fingerprint density at radius 3 is 1.88 bits per heavy atom. The molecule has 0 amide bonds. The Bertz CT molecular complexity index is 554. The number of rotatable bonds is 3. The average Bonchev–Trinajstić information content (AvgIpc) is 2.33. The number of nitrogens with zero attached hydrogens (tertiary/aromatic N) is 1. The van der Waals surface area contributed by atoms with E-state index in [1.54, 1.807) is 24.3 Å². The predicted molar refractivity (Wildman–Crippen MR) is 70.1 cm³/mol. The molecule has 0 bridgehead atoms. The number of thiol groups is 1. The third-order valence-corrected chi connectivity index (χ3v) is 3.23. The van der Waals surface area contributed by atoms with Crippen molar-refractivity contribution >= 4 is 22.3 Å². The fourth-order valence-electron chi connectivity index (χ4n) is 1.59. The molecule has 0 saturated heterocycles. The third kappa shape index (κ3) is 2.65. The topological polar surface area (TPSA) is 37.4 Å². The molecule has 0 radical (unpaired) electrons. The van der Waals surface area contributed by atoms with Crippen LogP contribution in [0.15, 0.2) is 54.6 Å². The number of anilines is 2. The van der Waals surface area contributed by atoms with E-state index in [1.807, 2.05) is 37.3 Å². The maximum absolute atomic E-state index is 11.3. The maximum atomic E-state index is 11.3. The maximum Gasteiger partial charge on any atom is 0.229 e. The largest absolute Gasteiger partial charge is 0.241 e. The van der Waals surface area contributed by atoms with Gasteiger partial charge in [-0.15, -0.1) is 0 Å². The van der Waals surface area contributed by atoms with Gasteiger partial charge in [0.2, 0.25) is 10.9 Å². The van der Waals surface area contributed by atoms with Gasteiger partial charge in [-0.3, -0.25) is 0 Å². The van der Waals surface area contributed by atoms with Crippen LogP contribution in [0.3, 0.4) is 0 Å².